The number of aliphatic imine (C=N–C) groups is 1. The van der Waals surface area contributed by atoms with Crippen molar-refractivity contribution in [1.82, 2.24) is 20.4 Å². The van der Waals surface area contributed by atoms with E-state index in [0.717, 1.165) is 77.5 Å². The fraction of sp³-hybridized carbons (Fsp3) is 0.731. The van der Waals surface area contributed by atoms with Gasteiger partial charge in [-0.3, -0.25) is 9.89 Å². The van der Waals surface area contributed by atoms with Crippen LogP contribution in [0.25, 0.3) is 0 Å². The second-order valence-corrected chi connectivity index (χ2v) is 8.90. The molecule has 0 bridgehead atoms. The maximum atomic E-state index is 6.14. The molecule has 1 aromatic rings. The van der Waals surface area contributed by atoms with Gasteiger partial charge in [0.15, 0.2) is 5.96 Å². The van der Waals surface area contributed by atoms with Gasteiger partial charge in [-0.2, -0.15) is 0 Å². The minimum atomic E-state index is 0. The van der Waals surface area contributed by atoms with Crippen LogP contribution in [-0.4, -0.2) is 80.8 Å². The molecule has 0 radical (unpaired) electrons. The zero-order chi connectivity index (χ0) is 23.0. The molecule has 1 atom stereocenters. The van der Waals surface area contributed by atoms with Crippen LogP contribution in [0.5, 0.6) is 0 Å². The van der Waals surface area contributed by atoms with Gasteiger partial charge in [0.25, 0.3) is 0 Å². The molecule has 0 saturated carbocycles. The Morgan fingerprint density at radius 3 is 2.48 bits per heavy atom. The van der Waals surface area contributed by atoms with Crippen molar-refractivity contribution in [3.63, 3.8) is 0 Å². The van der Waals surface area contributed by atoms with Crippen LogP contribution in [0.4, 0.5) is 0 Å². The highest BCUT2D eigenvalue weighted by Crippen LogP contribution is 2.16. The summed E-state index contributed by atoms with van der Waals surface area (Å²) in [7, 11) is 1.84. The van der Waals surface area contributed by atoms with Gasteiger partial charge in [-0.1, -0.05) is 44.2 Å². The van der Waals surface area contributed by atoms with Crippen LogP contribution in [0.3, 0.4) is 0 Å². The number of nitrogens with one attached hydrogen (secondary N) is 2. The lowest BCUT2D eigenvalue weighted by molar-refractivity contribution is 0.00534. The largest absolute Gasteiger partial charge is 0.378 e. The number of benzene rings is 1. The van der Waals surface area contributed by atoms with E-state index in [-0.39, 0.29) is 24.0 Å². The molecular formula is C26H48IN5O. The number of nitrogens with zero attached hydrogens (tertiary/aromatic N) is 3. The number of halogens is 1. The second kappa shape index (κ2) is 18.4. The Balaban J connectivity index is 0.00000544. The zero-order valence-corrected chi connectivity index (χ0v) is 23.7. The number of ether oxygens (including phenoxy) is 1. The third kappa shape index (κ3) is 12.9. The fourth-order valence-electron chi connectivity index (χ4n) is 4.27. The lowest BCUT2D eigenvalue weighted by Crippen LogP contribution is -2.43. The quantitative estimate of drug-likeness (QED) is 0.150. The van der Waals surface area contributed by atoms with E-state index in [1.165, 1.54) is 18.5 Å². The number of hydrogen-bond donors (Lipinski definition) is 2. The number of hydrogen-bond acceptors (Lipinski definition) is 4. The van der Waals surface area contributed by atoms with Crippen molar-refractivity contribution in [2.75, 3.05) is 52.9 Å². The molecule has 1 heterocycles. The maximum absolute atomic E-state index is 6.14. The summed E-state index contributed by atoms with van der Waals surface area (Å²) in [6.45, 7) is 15.2. The molecule has 0 spiro atoms. The second-order valence-electron chi connectivity index (χ2n) is 8.90. The molecule has 7 heteroatoms. The molecule has 2 N–H and O–H groups in total. The first-order chi connectivity index (χ1) is 15.6. The molecule has 1 aliphatic heterocycles. The van der Waals surface area contributed by atoms with Crippen LogP contribution >= 0.6 is 24.0 Å². The van der Waals surface area contributed by atoms with Gasteiger partial charge in [0, 0.05) is 45.9 Å². The minimum absolute atomic E-state index is 0. The van der Waals surface area contributed by atoms with Crippen LogP contribution in [0.2, 0.25) is 0 Å². The van der Waals surface area contributed by atoms with Gasteiger partial charge in [-0.15, -0.1) is 24.0 Å². The van der Waals surface area contributed by atoms with E-state index in [2.05, 4.69) is 76.5 Å². The van der Waals surface area contributed by atoms with Crippen molar-refractivity contribution in [3.05, 3.63) is 35.9 Å². The Hall–Kier alpha value is -0.900. The van der Waals surface area contributed by atoms with Crippen LogP contribution in [0, 0.1) is 0 Å². The Kier molecular flexibility index (Phi) is 16.8. The highest BCUT2D eigenvalue weighted by Gasteiger charge is 2.19. The van der Waals surface area contributed by atoms with E-state index in [0.29, 0.717) is 12.1 Å². The number of likely N-dealkylation sites (tertiary alicyclic amines) is 1. The lowest BCUT2D eigenvalue weighted by atomic mass is 10.1. The van der Waals surface area contributed by atoms with Crippen molar-refractivity contribution in [2.24, 2.45) is 4.99 Å². The predicted octanol–water partition coefficient (Wildman–Crippen LogP) is 4.35. The molecule has 0 amide bonds. The van der Waals surface area contributed by atoms with Gasteiger partial charge in [-0.05, 0) is 64.2 Å². The van der Waals surface area contributed by atoms with Gasteiger partial charge >= 0.3 is 0 Å². The van der Waals surface area contributed by atoms with Crippen LogP contribution < -0.4 is 10.6 Å². The molecule has 0 aliphatic carbocycles. The molecule has 1 unspecified atom stereocenters. The fourth-order valence-corrected chi connectivity index (χ4v) is 4.27. The molecule has 0 aromatic heterocycles. The van der Waals surface area contributed by atoms with Crippen molar-refractivity contribution >= 4 is 29.9 Å². The molecule has 190 valence electrons. The van der Waals surface area contributed by atoms with Crippen LogP contribution in [0.1, 0.15) is 58.4 Å². The molecule has 2 rings (SSSR count). The molecule has 33 heavy (non-hydrogen) atoms. The van der Waals surface area contributed by atoms with E-state index in [4.69, 9.17) is 4.74 Å². The van der Waals surface area contributed by atoms with E-state index < -0.39 is 0 Å². The minimum Gasteiger partial charge on any atom is -0.378 e. The monoisotopic (exact) mass is 573 g/mol. The summed E-state index contributed by atoms with van der Waals surface area (Å²) < 4.78 is 6.14. The molecule has 1 saturated heterocycles. The van der Waals surface area contributed by atoms with Gasteiger partial charge < -0.3 is 20.3 Å². The van der Waals surface area contributed by atoms with Gasteiger partial charge in [0.2, 0.25) is 0 Å². The summed E-state index contributed by atoms with van der Waals surface area (Å²) in [6, 6.07) is 11.2. The van der Waals surface area contributed by atoms with Crippen molar-refractivity contribution in [3.8, 4) is 0 Å². The Bertz CT molecular complexity index is 618. The maximum Gasteiger partial charge on any atom is 0.191 e. The number of rotatable bonds is 14. The van der Waals surface area contributed by atoms with Crippen molar-refractivity contribution in [2.45, 2.75) is 71.6 Å². The topological polar surface area (TPSA) is 52.1 Å². The summed E-state index contributed by atoms with van der Waals surface area (Å²) in [5.74, 6) is 0.898. The summed E-state index contributed by atoms with van der Waals surface area (Å²) in [5, 5.41) is 6.95. The van der Waals surface area contributed by atoms with E-state index in [1.54, 1.807) is 0 Å². The SMILES string of the molecule is CCN(CC)CCCC(C)NC(=NC)NCCCOC1CCN(Cc2ccccc2)CC1.I. The van der Waals surface area contributed by atoms with Crippen molar-refractivity contribution in [1.29, 1.82) is 0 Å². The molecule has 1 fully saturated rings. The van der Waals surface area contributed by atoms with E-state index >= 15 is 0 Å². The summed E-state index contributed by atoms with van der Waals surface area (Å²) >= 11 is 0. The first kappa shape index (κ1) is 30.1. The smallest absolute Gasteiger partial charge is 0.191 e. The number of piperidine rings is 1. The van der Waals surface area contributed by atoms with Gasteiger partial charge in [0.1, 0.15) is 0 Å². The Labute approximate surface area is 219 Å². The van der Waals surface area contributed by atoms with Crippen LogP contribution in [-0.2, 0) is 11.3 Å². The molecule has 1 aliphatic rings. The normalized spacial score (nSPS) is 16.5. The average molecular weight is 574 g/mol. The zero-order valence-electron chi connectivity index (χ0n) is 21.4. The third-order valence-corrected chi connectivity index (χ3v) is 6.36. The first-order valence-electron chi connectivity index (χ1n) is 12.7. The number of guanidine groups is 1. The lowest BCUT2D eigenvalue weighted by Gasteiger charge is -2.32. The van der Waals surface area contributed by atoms with Gasteiger partial charge in [0.05, 0.1) is 6.10 Å². The highest BCUT2D eigenvalue weighted by molar-refractivity contribution is 14.0. The molecule has 1 aromatic carbocycles. The molecule has 6 nitrogen and oxygen atoms in total. The van der Waals surface area contributed by atoms with Crippen LogP contribution in [0.15, 0.2) is 35.3 Å². The first-order valence-corrected chi connectivity index (χ1v) is 12.7. The van der Waals surface area contributed by atoms with E-state index in [1.807, 2.05) is 7.05 Å². The Morgan fingerprint density at radius 2 is 1.85 bits per heavy atom. The third-order valence-electron chi connectivity index (χ3n) is 6.36. The van der Waals surface area contributed by atoms with Crippen molar-refractivity contribution < 1.29 is 4.74 Å². The highest BCUT2D eigenvalue weighted by atomic mass is 127. The summed E-state index contributed by atoms with van der Waals surface area (Å²) in [4.78, 5) is 9.39. The molecular weight excluding hydrogens is 525 g/mol. The van der Waals surface area contributed by atoms with E-state index in [9.17, 15) is 0 Å². The summed E-state index contributed by atoms with van der Waals surface area (Å²) in [5.41, 5.74) is 1.40. The summed E-state index contributed by atoms with van der Waals surface area (Å²) in [6.07, 6.45) is 6.04. The Morgan fingerprint density at radius 1 is 1.15 bits per heavy atom. The average Bonchev–Trinajstić information content (AvgIpc) is 2.82. The van der Waals surface area contributed by atoms with Gasteiger partial charge in [-0.25, -0.2) is 0 Å². The predicted molar refractivity (Wildman–Crippen MR) is 152 cm³/mol. The standard InChI is InChI=1S/C26H47N5O.HI/c1-5-30(6-2)18-10-12-23(3)29-26(27-4)28-17-11-21-32-25-15-19-31(20-16-25)22-24-13-8-7-9-14-24;/h7-9,13-14,23,25H,5-6,10-12,15-22H2,1-4H3,(H2,27,28,29);1H.